The van der Waals surface area contributed by atoms with Crippen molar-refractivity contribution in [3.63, 3.8) is 0 Å². The third-order valence-electron chi connectivity index (χ3n) is 2.99. The van der Waals surface area contributed by atoms with E-state index < -0.39 is 0 Å². The van der Waals surface area contributed by atoms with E-state index >= 15 is 0 Å². The third kappa shape index (κ3) is 3.65. The average molecular weight is 183 g/mol. The molecule has 1 saturated heterocycles. The maximum Gasteiger partial charge on any atom is 0.0575 e. The Balaban J connectivity index is 1.46. The summed E-state index contributed by atoms with van der Waals surface area (Å²) in [5.74, 6) is 0. The van der Waals surface area contributed by atoms with Gasteiger partial charge in [-0.3, -0.25) is 0 Å². The van der Waals surface area contributed by atoms with E-state index in [1.54, 1.807) is 0 Å². The number of hydrogen-bond acceptors (Lipinski definition) is 2. The molecule has 2 nitrogen and oxygen atoms in total. The quantitative estimate of drug-likeness (QED) is 0.659. The van der Waals surface area contributed by atoms with Crippen LogP contribution in [0, 0.1) is 0 Å². The molecule has 1 atom stereocenters. The molecule has 0 spiro atoms. The van der Waals surface area contributed by atoms with E-state index in [1.807, 2.05) is 0 Å². The minimum atomic E-state index is 0.578. The summed E-state index contributed by atoms with van der Waals surface area (Å²) in [6.07, 6.45) is 9.89. The molecular weight excluding hydrogens is 162 g/mol. The largest absolute Gasteiger partial charge is 0.378 e. The van der Waals surface area contributed by atoms with E-state index in [0.717, 1.165) is 12.6 Å². The first-order valence-electron chi connectivity index (χ1n) is 5.80. The Morgan fingerprint density at radius 1 is 1.15 bits per heavy atom. The van der Waals surface area contributed by atoms with Gasteiger partial charge >= 0.3 is 0 Å². The van der Waals surface area contributed by atoms with Gasteiger partial charge in [0.1, 0.15) is 0 Å². The summed E-state index contributed by atoms with van der Waals surface area (Å²) in [6, 6.07) is 0.868. The lowest BCUT2D eigenvalue weighted by Gasteiger charge is -2.22. The Kier molecular flexibility index (Phi) is 3.62. The number of nitrogens with one attached hydrogen (secondary N) is 1. The normalized spacial score (nSPS) is 29.1. The Bertz CT molecular complexity index is 139. The molecule has 1 saturated carbocycles. The standard InChI is InChI=1S/C11H21NO/c1-2-9-13-11(4-1)5-3-8-12-10-6-7-10/h10-12H,1-9H2. The molecule has 0 aromatic heterocycles. The van der Waals surface area contributed by atoms with E-state index in [4.69, 9.17) is 4.74 Å². The summed E-state index contributed by atoms with van der Waals surface area (Å²) in [6.45, 7) is 2.20. The van der Waals surface area contributed by atoms with Crippen molar-refractivity contribution in [1.82, 2.24) is 5.32 Å². The second-order valence-corrected chi connectivity index (χ2v) is 4.36. The lowest BCUT2D eigenvalue weighted by atomic mass is 10.0. The highest BCUT2D eigenvalue weighted by atomic mass is 16.5. The van der Waals surface area contributed by atoms with Gasteiger partial charge in [0.15, 0.2) is 0 Å². The van der Waals surface area contributed by atoms with Gasteiger partial charge in [0.25, 0.3) is 0 Å². The van der Waals surface area contributed by atoms with Gasteiger partial charge in [-0.25, -0.2) is 0 Å². The molecule has 1 aliphatic carbocycles. The first-order valence-corrected chi connectivity index (χ1v) is 5.80. The Morgan fingerprint density at radius 3 is 2.77 bits per heavy atom. The first-order chi connectivity index (χ1) is 6.45. The number of hydrogen-bond donors (Lipinski definition) is 1. The van der Waals surface area contributed by atoms with Crippen molar-refractivity contribution in [2.75, 3.05) is 13.2 Å². The van der Waals surface area contributed by atoms with Crippen LogP contribution in [-0.2, 0) is 4.74 Å². The van der Waals surface area contributed by atoms with Gasteiger partial charge in [-0.05, 0) is 51.5 Å². The maximum atomic E-state index is 5.67. The molecule has 1 unspecified atom stereocenters. The van der Waals surface area contributed by atoms with Gasteiger partial charge in [0.2, 0.25) is 0 Å². The Morgan fingerprint density at radius 2 is 2.08 bits per heavy atom. The number of ether oxygens (including phenoxy) is 1. The SMILES string of the molecule is C1CCC(CCCNC2CC2)OC1. The summed E-state index contributed by atoms with van der Waals surface area (Å²) in [5.41, 5.74) is 0. The number of rotatable bonds is 5. The third-order valence-corrected chi connectivity index (χ3v) is 2.99. The van der Waals surface area contributed by atoms with Crippen LogP contribution in [0.5, 0.6) is 0 Å². The Labute approximate surface area is 81.0 Å². The van der Waals surface area contributed by atoms with Crippen LogP contribution in [0.1, 0.15) is 44.9 Å². The van der Waals surface area contributed by atoms with E-state index in [9.17, 15) is 0 Å². The van der Waals surface area contributed by atoms with Gasteiger partial charge in [0, 0.05) is 12.6 Å². The van der Waals surface area contributed by atoms with Crippen molar-refractivity contribution in [2.45, 2.75) is 57.1 Å². The minimum Gasteiger partial charge on any atom is -0.378 e. The highest BCUT2D eigenvalue weighted by Crippen LogP contribution is 2.19. The lowest BCUT2D eigenvalue weighted by molar-refractivity contribution is 0.0102. The fourth-order valence-corrected chi connectivity index (χ4v) is 1.96. The van der Waals surface area contributed by atoms with E-state index in [2.05, 4.69) is 5.32 Å². The highest BCUT2D eigenvalue weighted by Gasteiger charge is 2.20. The monoisotopic (exact) mass is 183 g/mol. The molecule has 0 radical (unpaired) electrons. The highest BCUT2D eigenvalue weighted by molar-refractivity contribution is 4.80. The molecule has 1 N–H and O–H groups in total. The Hall–Kier alpha value is -0.0800. The fourth-order valence-electron chi connectivity index (χ4n) is 1.96. The van der Waals surface area contributed by atoms with Crippen molar-refractivity contribution < 1.29 is 4.74 Å². The molecule has 2 fully saturated rings. The van der Waals surface area contributed by atoms with Crippen LogP contribution in [0.4, 0.5) is 0 Å². The second kappa shape index (κ2) is 4.97. The van der Waals surface area contributed by atoms with Gasteiger partial charge < -0.3 is 10.1 Å². The first kappa shape index (κ1) is 9.47. The van der Waals surface area contributed by atoms with Crippen LogP contribution in [0.15, 0.2) is 0 Å². The molecule has 0 aromatic carbocycles. The average Bonchev–Trinajstić information content (AvgIpc) is 2.98. The summed E-state index contributed by atoms with van der Waals surface area (Å²) in [5, 5.41) is 3.54. The summed E-state index contributed by atoms with van der Waals surface area (Å²) < 4.78 is 5.67. The predicted molar refractivity (Wildman–Crippen MR) is 53.8 cm³/mol. The van der Waals surface area contributed by atoms with E-state index in [1.165, 1.54) is 51.5 Å². The smallest absolute Gasteiger partial charge is 0.0575 e. The molecule has 2 rings (SSSR count). The summed E-state index contributed by atoms with van der Waals surface area (Å²) >= 11 is 0. The lowest BCUT2D eigenvalue weighted by Crippen LogP contribution is -2.22. The molecular formula is C11H21NO. The summed E-state index contributed by atoms with van der Waals surface area (Å²) in [4.78, 5) is 0. The molecule has 2 heteroatoms. The molecule has 1 heterocycles. The van der Waals surface area contributed by atoms with Crippen LogP contribution in [0.25, 0.3) is 0 Å². The second-order valence-electron chi connectivity index (χ2n) is 4.36. The van der Waals surface area contributed by atoms with Crippen molar-refractivity contribution in [2.24, 2.45) is 0 Å². The zero-order valence-corrected chi connectivity index (χ0v) is 8.43. The molecule has 0 aromatic rings. The van der Waals surface area contributed by atoms with Gasteiger partial charge in [-0.1, -0.05) is 0 Å². The molecule has 1 aliphatic heterocycles. The van der Waals surface area contributed by atoms with Crippen LogP contribution in [-0.4, -0.2) is 25.3 Å². The van der Waals surface area contributed by atoms with Crippen LogP contribution in [0.3, 0.4) is 0 Å². The van der Waals surface area contributed by atoms with E-state index in [0.29, 0.717) is 6.10 Å². The van der Waals surface area contributed by atoms with Crippen molar-refractivity contribution >= 4 is 0 Å². The van der Waals surface area contributed by atoms with E-state index in [-0.39, 0.29) is 0 Å². The van der Waals surface area contributed by atoms with Crippen molar-refractivity contribution in [3.05, 3.63) is 0 Å². The van der Waals surface area contributed by atoms with Crippen LogP contribution >= 0.6 is 0 Å². The molecule has 0 amide bonds. The van der Waals surface area contributed by atoms with Gasteiger partial charge in [-0.2, -0.15) is 0 Å². The molecule has 2 aliphatic rings. The zero-order valence-electron chi connectivity index (χ0n) is 8.43. The van der Waals surface area contributed by atoms with Gasteiger partial charge in [-0.15, -0.1) is 0 Å². The fraction of sp³-hybridized carbons (Fsp3) is 1.00. The zero-order chi connectivity index (χ0) is 8.93. The van der Waals surface area contributed by atoms with Crippen LogP contribution < -0.4 is 5.32 Å². The summed E-state index contributed by atoms with van der Waals surface area (Å²) in [7, 11) is 0. The minimum absolute atomic E-state index is 0.578. The molecule has 0 bridgehead atoms. The van der Waals surface area contributed by atoms with Crippen molar-refractivity contribution in [3.8, 4) is 0 Å². The molecule has 76 valence electrons. The topological polar surface area (TPSA) is 21.3 Å². The van der Waals surface area contributed by atoms with Crippen molar-refractivity contribution in [1.29, 1.82) is 0 Å². The van der Waals surface area contributed by atoms with Gasteiger partial charge in [0.05, 0.1) is 6.10 Å². The van der Waals surface area contributed by atoms with Crippen LogP contribution in [0.2, 0.25) is 0 Å². The predicted octanol–water partition coefficient (Wildman–Crippen LogP) is 2.09. The maximum absolute atomic E-state index is 5.67. The molecule has 13 heavy (non-hydrogen) atoms.